The molecule has 122 valence electrons. The summed E-state index contributed by atoms with van der Waals surface area (Å²) < 4.78 is 5.64. The van der Waals surface area contributed by atoms with Gasteiger partial charge < -0.3 is 4.74 Å². The van der Waals surface area contributed by atoms with Gasteiger partial charge in [-0.15, -0.1) is 0 Å². The molecule has 0 atom stereocenters. The summed E-state index contributed by atoms with van der Waals surface area (Å²) in [5, 5.41) is 0. The molecule has 24 heavy (non-hydrogen) atoms. The van der Waals surface area contributed by atoms with Crippen LogP contribution in [0.2, 0.25) is 0 Å². The number of allylic oxidation sites excluding steroid dienone is 3. The van der Waals surface area contributed by atoms with Gasteiger partial charge in [0.25, 0.3) is 0 Å². The van der Waals surface area contributed by atoms with Crippen LogP contribution in [0.5, 0.6) is 5.75 Å². The quantitative estimate of drug-likeness (QED) is 0.501. The molecule has 0 radical (unpaired) electrons. The Morgan fingerprint density at radius 1 is 0.875 bits per heavy atom. The second-order valence-electron chi connectivity index (χ2n) is 5.49. The number of rotatable bonds is 6. The van der Waals surface area contributed by atoms with Crippen LogP contribution in [0, 0.1) is 11.8 Å². The van der Waals surface area contributed by atoms with E-state index in [1.165, 1.54) is 12.0 Å². The third kappa shape index (κ3) is 6.18. The minimum absolute atomic E-state index is 0.569. The second-order valence-corrected chi connectivity index (χ2v) is 5.49. The lowest BCUT2D eigenvalue weighted by atomic mass is 10.1. The van der Waals surface area contributed by atoms with Crippen molar-refractivity contribution in [2.75, 3.05) is 6.61 Å². The first-order valence-electron chi connectivity index (χ1n) is 8.43. The van der Waals surface area contributed by atoms with Gasteiger partial charge in [-0.25, -0.2) is 0 Å². The van der Waals surface area contributed by atoms with Crippen molar-refractivity contribution in [3.8, 4) is 17.6 Å². The average molecular weight is 316 g/mol. The van der Waals surface area contributed by atoms with Gasteiger partial charge in [-0.1, -0.05) is 55.5 Å². The first-order chi connectivity index (χ1) is 11.8. The van der Waals surface area contributed by atoms with Crippen LogP contribution < -0.4 is 4.74 Å². The van der Waals surface area contributed by atoms with Gasteiger partial charge in [0.15, 0.2) is 0 Å². The molecule has 0 heterocycles. The number of hydrogen-bond acceptors (Lipinski definition) is 1. The third-order valence-corrected chi connectivity index (χ3v) is 3.48. The van der Waals surface area contributed by atoms with Gasteiger partial charge in [-0.2, -0.15) is 0 Å². The Hall–Kier alpha value is -2.72. The molecule has 0 aromatic heterocycles. The van der Waals surface area contributed by atoms with Gasteiger partial charge in [0.2, 0.25) is 0 Å². The van der Waals surface area contributed by atoms with E-state index < -0.39 is 0 Å². The van der Waals surface area contributed by atoms with Crippen LogP contribution in [-0.2, 0) is 6.42 Å². The highest BCUT2D eigenvalue weighted by Gasteiger charge is 1.93. The molecule has 0 bridgehead atoms. The highest BCUT2D eigenvalue weighted by Crippen LogP contribution is 2.12. The van der Waals surface area contributed by atoms with Crippen LogP contribution in [0.3, 0.4) is 0 Å². The summed E-state index contributed by atoms with van der Waals surface area (Å²) in [5.74, 6) is 7.26. The first kappa shape index (κ1) is 17.6. The fraction of sp³-hybridized carbons (Fsp3) is 0.217. The van der Waals surface area contributed by atoms with E-state index in [1.807, 2.05) is 55.5 Å². The Morgan fingerprint density at radius 3 is 2.08 bits per heavy atom. The zero-order valence-electron chi connectivity index (χ0n) is 14.5. The molecule has 0 fully saturated rings. The molecule has 2 aromatic rings. The van der Waals surface area contributed by atoms with Gasteiger partial charge in [0.05, 0.1) is 0 Å². The van der Waals surface area contributed by atoms with Gasteiger partial charge in [0.1, 0.15) is 12.4 Å². The summed E-state index contributed by atoms with van der Waals surface area (Å²) in [6, 6.07) is 16.4. The molecular formula is C23H24O. The topological polar surface area (TPSA) is 9.23 Å². The van der Waals surface area contributed by atoms with Crippen LogP contribution in [0.25, 0.3) is 0 Å². The lowest BCUT2D eigenvalue weighted by Crippen LogP contribution is -1.92. The van der Waals surface area contributed by atoms with Crippen LogP contribution >= 0.6 is 0 Å². The van der Waals surface area contributed by atoms with Crippen molar-refractivity contribution >= 4 is 0 Å². The van der Waals surface area contributed by atoms with E-state index in [9.17, 15) is 0 Å². The monoisotopic (exact) mass is 316 g/mol. The molecule has 0 aliphatic heterocycles. The predicted molar refractivity (Wildman–Crippen MR) is 102 cm³/mol. The lowest BCUT2D eigenvalue weighted by Gasteiger charge is -2.02. The molecular weight excluding hydrogens is 292 g/mol. The molecule has 2 aromatic carbocycles. The van der Waals surface area contributed by atoms with Gasteiger partial charge >= 0.3 is 0 Å². The van der Waals surface area contributed by atoms with Crippen molar-refractivity contribution < 1.29 is 4.74 Å². The Morgan fingerprint density at radius 2 is 1.50 bits per heavy atom. The molecule has 0 saturated carbocycles. The predicted octanol–water partition coefficient (Wildman–Crippen LogP) is 5.55. The van der Waals surface area contributed by atoms with Crippen molar-refractivity contribution in [3.05, 3.63) is 89.5 Å². The van der Waals surface area contributed by atoms with Crippen molar-refractivity contribution in [2.24, 2.45) is 0 Å². The Balaban J connectivity index is 1.92. The summed E-state index contributed by atoms with van der Waals surface area (Å²) in [6.07, 6.45) is 10.2. The van der Waals surface area contributed by atoms with E-state index in [-0.39, 0.29) is 0 Å². The lowest BCUT2D eigenvalue weighted by molar-refractivity contribution is 0.363. The minimum Gasteiger partial charge on any atom is -0.490 e. The first-order valence-corrected chi connectivity index (χ1v) is 8.43. The molecule has 0 saturated heterocycles. The summed E-state index contributed by atoms with van der Waals surface area (Å²) in [5.41, 5.74) is 3.40. The summed E-state index contributed by atoms with van der Waals surface area (Å²) >= 11 is 0. The fourth-order valence-corrected chi connectivity index (χ4v) is 2.21. The number of benzene rings is 2. The Kier molecular flexibility index (Phi) is 7.44. The summed E-state index contributed by atoms with van der Waals surface area (Å²) in [4.78, 5) is 0. The molecule has 0 aliphatic carbocycles. The zero-order chi connectivity index (χ0) is 17.0. The minimum atomic E-state index is 0.569. The fourth-order valence-electron chi connectivity index (χ4n) is 2.21. The van der Waals surface area contributed by atoms with E-state index >= 15 is 0 Å². The highest BCUT2D eigenvalue weighted by atomic mass is 16.5. The number of ether oxygens (including phenoxy) is 1. The maximum absolute atomic E-state index is 5.64. The smallest absolute Gasteiger partial charge is 0.119 e. The van der Waals surface area contributed by atoms with E-state index in [0.717, 1.165) is 23.3 Å². The maximum Gasteiger partial charge on any atom is 0.119 e. The normalized spacial score (nSPS) is 10.8. The van der Waals surface area contributed by atoms with Crippen LogP contribution in [0.4, 0.5) is 0 Å². The molecule has 0 spiro atoms. The molecule has 2 rings (SSSR count). The largest absolute Gasteiger partial charge is 0.490 e. The van der Waals surface area contributed by atoms with E-state index in [0.29, 0.717) is 6.61 Å². The molecule has 0 amide bonds. The molecule has 0 aliphatic rings. The molecule has 1 nitrogen and oxygen atoms in total. The molecule has 0 unspecified atom stereocenters. The molecule has 1 heteroatoms. The van der Waals surface area contributed by atoms with E-state index in [1.54, 1.807) is 0 Å². The SMILES string of the molecule is C/C=C/C=C/COc1ccc(C#Cc2ccc(CCC)cc2)cc1. The summed E-state index contributed by atoms with van der Waals surface area (Å²) in [6.45, 7) is 4.75. The van der Waals surface area contributed by atoms with Crippen LogP contribution in [-0.4, -0.2) is 6.61 Å². The van der Waals surface area contributed by atoms with Crippen LogP contribution in [0.1, 0.15) is 37.0 Å². The van der Waals surface area contributed by atoms with Gasteiger partial charge in [0, 0.05) is 11.1 Å². The second kappa shape index (κ2) is 10.1. The number of aryl methyl sites for hydroxylation is 1. The molecule has 0 N–H and O–H groups in total. The highest BCUT2D eigenvalue weighted by molar-refractivity contribution is 5.44. The van der Waals surface area contributed by atoms with Crippen molar-refractivity contribution in [2.45, 2.75) is 26.7 Å². The van der Waals surface area contributed by atoms with Crippen molar-refractivity contribution in [1.29, 1.82) is 0 Å². The zero-order valence-corrected chi connectivity index (χ0v) is 14.5. The Labute approximate surface area is 145 Å². The van der Waals surface area contributed by atoms with Crippen LogP contribution in [0.15, 0.2) is 72.8 Å². The van der Waals surface area contributed by atoms with Gasteiger partial charge in [-0.3, -0.25) is 0 Å². The van der Waals surface area contributed by atoms with Gasteiger partial charge in [-0.05, 0) is 61.4 Å². The van der Waals surface area contributed by atoms with Crippen molar-refractivity contribution in [1.82, 2.24) is 0 Å². The summed E-state index contributed by atoms with van der Waals surface area (Å²) in [7, 11) is 0. The van der Waals surface area contributed by atoms with E-state index in [4.69, 9.17) is 4.74 Å². The standard InChI is InChI=1S/C23H24O/c1-3-5-6-7-19-24-23-17-15-22(16-18-23)14-13-21-11-9-20(8-4-2)10-12-21/h3,5-7,9-12,15-18H,4,8,19H2,1-2H3/b5-3+,7-6+. The average Bonchev–Trinajstić information content (AvgIpc) is 2.62. The van der Waals surface area contributed by atoms with E-state index in [2.05, 4.69) is 43.0 Å². The number of hydrogen-bond donors (Lipinski definition) is 0. The Bertz CT molecular complexity index is 722. The van der Waals surface area contributed by atoms with Crippen molar-refractivity contribution in [3.63, 3.8) is 0 Å². The maximum atomic E-state index is 5.64. The third-order valence-electron chi connectivity index (χ3n) is 3.48.